The molecule has 0 unspecified atom stereocenters. The largest absolute Gasteiger partial charge is 0.396 e. The zero-order valence-electron chi connectivity index (χ0n) is 12.1. The molecule has 0 spiro atoms. The molecule has 1 amide bonds. The van der Waals surface area contributed by atoms with Gasteiger partial charge in [-0.2, -0.15) is 0 Å². The second kappa shape index (κ2) is 6.71. The highest BCUT2D eigenvalue weighted by Crippen LogP contribution is 2.36. The molecule has 0 radical (unpaired) electrons. The Balaban J connectivity index is 1.84. The molecule has 2 rings (SSSR count). The minimum atomic E-state index is -0.0923. The Kier molecular flexibility index (Phi) is 4.96. The van der Waals surface area contributed by atoms with Crippen LogP contribution in [-0.2, 0) is 4.79 Å². The van der Waals surface area contributed by atoms with Gasteiger partial charge in [-0.3, -0.25) is 4.79 Å². The summed E-state index contributed by atoms with van der Waals surface area (Å²) in [6.45, 7) is 2.77. The molecule has 1 aromatic rings. The highest BCUT2D eigenvalue weighted by atomic mass is 16.3. The van der Waals surface area contributed by atoms with Crippen molar-refractivity contribution < 1.29 is 9.90 Å². The predicted octanol–water partition coefficient (Wildman–Crippen LogP) is 2.68. The Hall–Kier alpha value is -1.61. The molecule has 1 fully saturated rings. The van der Waals surface area contributed by atoms with E-state index in [1.807, 2.05) is 37.3 Å². The van der Waals surface area contributed by atoms with Crippen molar-refractivity contribution in [1.29, 1.82) is 0 Å². The van der Waals surface area contributed by atoms with Crippen LogP contribution in [0.5, 0.6) is 0 Å². The van der Waals surface area contributed by atoms with E-state index in [0.717, 1.165) is 31.2 Å². The van der Waals surface area contributed by atoms with Gasteiger partial charge in [0.15, 0.2) is 0 Å². The lowest BCUT2D eigenvalue weighted by molar-refractivity contribution is -0.117. The van der Waals surface area contributed by atoms with E-state index in [2.05, 4.69) is 5.32 Å². The summed E-state index contributed by atoms with van der Waals surface area (Å²) in [6, 6.07) is 8.03. The summed E-state index contributed by atoms with van der Waals surface area (Å²) >= 11 is 0. The summed E-state index contributed by atoms with van der Waals surface area (Å²) in [6.07, 6.45) is 7.68. The number of aliphatic hydroxyl groups excluding tert-OH is 1. The van der Waals surface area contributed by atoms with E-state index in [0.29, 0.717) is 6.54 Å². The lowest BCUT2D eigenvalue weighted by atomic mass is 9.87. The normalized spacial score (nSPS) is 17.5. The van der Waals surface area contributed by atoms with Crippen molar-refractivity contribution in [3.8, 4) is 0 Å². The first-order valence-electron chi connectivity index (χ1n) is 7.27. The second-order valence-electron chi connectivity index (χ2n) is 5.83. The number of carbonyl (C=O) groups is 1. The molecule has 2 N–H and O–H groups in total. The number of benzene rings is 1. The molecule has 1 aliphatic rings. The minimum Gasteiger partial charge on any atom is -0.396 e. The summed E-state index contributed by atoms with van der Waals surface area (Å²) in [4.78, 5) is 11.8. The summed E-state index contributed by atoms with van der Waals surface area (Å²) in [5, 5.41) is 12.4. The van der Waals surface area contributed by atoms with E-state index in [1.54, 1.807) is 6.08 Å². The van der Waals surface area contributed by atoms with Crippen LogP contribution >= 0.6 is 0 Å². The lowest BCUT2D eigenvalue weighted by Gasteiger charge is -2.26. The van der Waals surface area contributed by atoms with E-state index in [1.165, 1.54) is 5.56 Å². The van der Waals surface area contributed by atoms with E-state index in [4.69, 9.17) is 0 Å². The molecule has 20 heavy (non-hydrogen) atoms. The van der Waals surface area contributed by atoms with Gasteiger partial charge in [0.25, 0.3) is 0 Å². The molecule has 0 heterocycles. The van der Waals surface area contributed by atoms with Gasteiger partial charge in [0, 0.05) is 18.0 Å². The summed E-state index contributed by atoms with van der Waals surface area (Å²) < 4.78 is 0. The Morgan fingerprint density at radius 2 is 1.95 bits per heavy atom. The molecule has 0 atom stereocenters. The lowest BCUT2D eigenvalue weighted by Crippen LogP contribution is -2.37. The van der Waals surface area contributed by atoms with Gasteiger partial charge < -0.3 is 10.4 Å². The van der Waals surface area contributed by atoms with Gasteiger partial charge in [-0.05, 0) is 31.4 Å². The van der Waals surface area contributed by atoms with Crippen molar-refractivity contribution >= 4 is 12.0 Å². The molecule has 0 aromatic heterocycles. The Bertz CT molecular complexity index is 470. The van der Waals surface area contributed by atoms with Crippen molar-refractivity contribution in [3.63, 3.8) is 0 Å². The molecule has 0 aliphatic heterocycles. The molecule has 0 bridgehead atoms. The predicted molar refractivity (Wildman–Crippen MR) is 81.2 cm³/mol. The maximum atomic E-state index is 11.8. The van der Waals surface area contributed by atoms with Gasteiger partial charge in [-0.25, -0.2) is 0 Å². The zero-order chi connectivity index (χ0) is 14.4. The fraction of sp³-hybridized carbons (Fsp3) is 0.471. The zero-order valence-corrected chi connectivity index (χ0v) is 12.1. The number of carbonyl (C=O) groups excluding carboxylic acids is 1. The van der Waals surface area contributed by atoms with Crippen LogP contribution in [0.2, 0.25) is 0 Å². The third-order valence-electron chi connectivity index (χ3n) is 4.14. The fourth-order valence-corrected chi connectivity index (χ4v) is 2.70. The Labute approximate surface area is 120 Å². The average molecular weight is 273 g/mol. The van der Waals surface area contributed by atoms with Gasteiger partial charge in [0.1, 0.15) is 0 Å². The highest BCUT2D eigenvalue weighted by molar-refractivity contribution is 5.91. The van der Waals surface area contributed by atoms with Crippen LogP contribution in [0.25, 0.3) is 6.08 Å². The van der Waals surface area contributed by atoms with Crippen LogP contribution in [0.4, 0.5) is 0 Å². The van der Waals surface area contributed by atoms with Gasteiger partial charge in [-0.15, -0.1) is 0 Å². The van der Waals surface area contributed by atoms with E-state index < -0.39 is 0 Å². The maximum absolute atomic E-state index is 11.8. The van der Waals surface area contributed by atoms with Crippen molar-refractivity contribution in [2.75, 3.05) is 13.2 Å². The SMILES string of the molecule is Cc1ccc(/C=C/C(=O)NCC2(CO)CCCC2)cc1. The first-order chi connectivity index (χ1) is 9.63. The first kappa shape index (κ1) is 14.8. The summed E-state index contributed by atoms with van der Waals surface area (Å²) in [7, 11) is 0. The van der Waals surface area contributed by atoms with E-state index in [-0.39, 0.29) is 17.9 Å². The molecule has 3 heteroatoms. The van der Waals surface area contributed by atoms with Crippen LogP contribution in [0.3, 0.4) is 0 Å². The van der Waals surface area contributed by atoms with Crippen molar-refractivity contribution in [1.82, 2.24) is 5.32 Å². The summed E-state index contributed by atoms with van der Waals surface area (Å²) in [5.74, 6) is -0.0923. The van der Waals surface area contributed by atoms with Crippen molar-refractivity contribution in [3.05, 3.63) is 41.5 Å². The van der Waals surface area contributed by atoms with Gasteiger partial charge in [-0.1, -0.05) is 42.7 Å². The van der Waals surface area contributed by atoms with Crippen molar-refractivity contribution in [2.24, 2.45) is 5.41 Å². The first-order valence-corrected chi connectivity index (χ1v) is 7.27. The number of rotatable bonds is 5. The maximum Gasteiger partial charge on any atom is 0.244 e. The number of aryl methyl sites for hydroxylation is 1. The Morgan fingerprint density at radius 3 is 2.55 bits per heavy atom. The highest BCUT2D eigenvalue weighted by Gasteiger charge is 2.33. The van der Waals surface area contributed by atoms with Crippen LogP contribution in [0.15, 0.2) is 30.3 Å². The second-order valence-corrected chi connectivity index (χ2v) is 5.83. The number of nitrogens with one attached hydrogen (secondary N) is 1. The topological polar surface area (TPSA) is 49.3 Å². The molecule has 1 saturated carbocycles. The van der Waals surface area contributed by atoms with Gasteiger partial charge >= 0.3 is 0 Å². The monoisotopic (exact) mass is 273 g/mol. The average Bonchev–Trinajstić information content (AvgIpc) is 2.94. The molecular formula is C17H23NO2. The molecule has 1 aliphatic carbocycles. The Morgan fingerprint density at radius 1 is 1.30 bits per heavy atom. The molecule has 0 saturated heterocycles. The molecule has 1 aromatic carbocycles. The summed E-state index contributed by atoms with van der Waals surface area (Å²) in [5.41, 5.74) is 2.13. The van der Waals surface area contributed by atoms with Crippen LogP contribution in [0, 0.1) is 12.3 Å². The van der Waals surface area contributed by atoms with Crippen LogP contribution in [0.1, 0.15) is 36.8 Å². The number of amides is 1. The van der Waals surface area contributed by atoms with Gasteiger partial charge in [0.2, 0.25) is 5.91 Å². The third-order valence-corrected chi connectivity index (χ3v) is 4.14. The van der Waals surface area contributed by atoms with Crippen LogP contribution in [-0.4, -0.2) is 24.2 Å². The van der Waals surface area contributed by atoms with Crippen LogP contribution < -0.4 is 5.32 Å². The number of aliphatic hydroxyl groups is 1. The third kappa shape index (κ3) is 3.94. The molecular weight excluding hydrogens is 250 g/mol. The molecule has 3 nitrogen and oxygen atoms in total. The van der Waals surface area contributed by atoms with E-state index >= 15 is 0 Å². The number of hydrogen-bond donors (Lipinski definition) is 2. The van der Waals surface area contributed by atoms with Gasteiger partial charge in [0.05, 0.1) is 6.61 Å². The fourth-order valence-electron chi connectivity index (χ4n) is 2.70. The quantitative estimate of drug-likeness (QED) is 0.810. The van der Waals surface area contributed by atoms with E-state index in [9.17, 15) is 9.90 Å². The molecule has 108 valence electrons. The van der Waals surface area contributed by atoms with Crippen molar-refractivity contribution in [2.45, 2.75) is 32.6 Å². The number of hydrogen-bond acceptors (Lipinski definition) is 2. The standard InChI is InChI=1S/C17H23NO2/c1-14-4-6-15(7-5-14)8-9-16(20)18-12-17(13-19)10-2-3-11-17/h4-9,19H,2-3,10-13H2,1H3,(H,18,20)/b9-8+. The minimum absolute atomic E-state index is 0.0899. The smallest absolute Gasteiger partial charge is 0.244 e.